The van der Waals surface area contributed by atoms with Gasteiger partial charge in [-0.15, -0.1) is 0 Å². The molecule has 7 nitrogen and oxygen atoms in total. The lowest BCUT2D eigenvalue weighted by Crippen LogP contribution is -2.26. The lowest BCUT2D eigenvalue weighted by Gasteiger charge is -2.09. The molecule has 138 valence electrons. The molecule has 0 atom stereocenters. The number of nitrogens with one attached hydrogen (secondary N) is 1. The lowest BCUT2D eigenvalue weighted by atomic mass is 10.2. The summed E-state index contributed by atoms with van der Waals surface area (Å²) >= 11 is 0. The summed E-state index contributed by atoms with van der Waals surface area (Å²) in [4.78, 5) is 16.8. The van der Waals surface area contributed by atoms with Gasteiger partial charge >= 0.3 is 0 Å². The van der Waals surface area contributed by atoms with E-state index in [1.807, 2.05) is 30.3 Å². The van der Waals surface area contributed by atoms with Crippen molar-refractivity contribution in [3.63, 3.8) is 0 Å². The monoisotopic (exact) mass is 358 g/mol. The van der Waals surface area contributed by atoms with E-state index in [4.69, 9.17) is 19.0 Å². The van der Waals surface area contributed by atoms with Gasteiger partial charge in [-0.25, -0.2) is 0 Å². The van der Waals surface area contributed by atoms with Crippen molar-refractivity contribution in [3.8, 4) is 17.2 Å². The summed E-state index contributed by atoms with van der Waals surface area (Å²) in [5.74, 6) is 1.64. The zero-order valence-corrected chi connectivity index (χ0v) is 15.0. The van der Waals surface area contributed by atoms with Gasteiger partial charge in [0.15, 0.2) is 18.1 Å². The predicted octanol–water partition coefficient (Wildman–Crippen LogP) is 2.38. The van der Waals surface area contributed by atoms with Crippen LogP contribution >= 0.6 is 0 Å². The second-order valence-corrected chi connectivity index (χ2v) is 5.22. The number of amides is 1. The van der Waals surface area contributed by atoms with Crippen LogP contribution in [-0.4, -0.2) is 40.1 Å². The van der Waals surface area contributed by atoms with Gasteiger partial charge < -0.3 is 24.4 Å². The van der Waals surface area contributed by atoms with Crippen LogP contribution in [0.2, 0.25) is 0 Å². The number of hydrogen-bond donors (Lipinski definition) is 1. The average Bonchev–Trinajstić information content (AvgIpc) is 2.69. The first-order valence-electron chi connectivity index (χ1n) is 7.94. The molecule has 0 aliphatic heterocycles. The van der Waals surface area contributed by atoms with Crippen molar-refractivity contribution < 1.29 is 23.8 Å². The van der Waals surface area contributed by atoms with Gasteiger partial charge in [0, 0.05) is 12.1 Å². The number of para-hydroxylation sites is 1. The number of hydrogen-bond acceptors (Lipinski definition) is 6. The standard InChI is InChI=1S/C19H22N2O5/c1-23-16-9-7-14(8-10-16)11-20-18(22)13-26-21-12-15-5-4-6-17(24-2)19(15)25-3/h4-10,12H,11,13H2,1-3H3,(H,20,22)/b21-12+. The molecule has 0 heterocycles. The van der Waals surface area contributed by atoms with Crippen molar-refractivity contribution in [3.05, 3.63) is 53.6 Å². The molecule has 0 aliphatic rings. The minimum absolute atomic E-state index is 0.182. The number of methoxy groups -OCH3 is 3. The summed E-state index contributed by atoms with van der Waals surface area (Å²) < 4.78 is 15.6. The highest BCUT2D eigenvalue weighted by Crippen LogP contribution is 2.29. The van der Waals surface area contributed by atoms with Gasteiger partial charge in [0.05, 0.1) is 27.5 Å². The Bertz CT molecular complexity index is 744. The maximum Gasteiger partial charge on any atom is 0.261 e. The molecule has 7 heteroatoms. The third-order valence-electron chi connectivity index (χ3n) is 3.54. The van der Waals surface area contributed by atoms with E-state index >= 15 is 0 Å². The van der Waals surface area contributed by atoms with Crippen LogP contribution in [0.3, 0.4) is 0 Å². The molecule has 0 aliphatic carbocycles. The smallest absolute Gasteiger partial charge is 0.261 e. The number of carbonyl (C=O) groups is 1. The van der Waals surface area contributed by atoms with Crippen LogP contribution in [0.5, 0.6) is 17.2 Å². The molecule has 0 saturated heterocycles. The zero-order valence-electron chi connectivity index (χ0n) is 15.0. The molecular formula is C19H22N2O5. The minimum atomic E-state index is -0.268. The van der Waals surface area contributed by atoms with Gasteiger partial charge in [0.2, 0.25) is 0 Å². The van der Waals surface area contributed by atoms with E-state index in [-0.39, 0.29) is 12.5 Å². The van der Waals surface area contributed by atoms with Crippen molar-refractivity contribution in [2.45, 2.75) is 6.54 Å². The van der Waals surface area contributed by atoms with Gasteiger partial charge in [-0.3, -0.25) is 4.79 Å². The number of ether oxygens (including phenoxy) is 3. The summed E-state index contributed by atoms with van der Waals surface area (Å²) in [7, 11) is 4.71. The van der Waals surface area contributed by atoms with Crippen molar-refractivity contribution in [2.75, 3.05) is 27.9 Å². The van der Waals surface area contributed by atoms with Gasteiger partial charge in [0.25, 0.3) is 5.91 Å². The number of carbonyl (C=O) groups excluding carboxylic acids is 1. The van der Waals surface area contributed by atoms with E-state index in [9.17, 15) is 4.79 Å². The first-order chi connectivity index (χ1) is 12.7. The molecule has 0 unspecified atom stereocenters. The Balaban J connectivity index is 1.80. The minimum Gasteiger partial charge on any atom is -0.497 e. The van der Waals surface area contributed by atoms with Crippen molar-refractivity contribution in [2.24, 2.45) is 5.16 Å². The fourth-order valence-corrected chi connectivity index (χ4v) is 2.20. The molecule has 0 aromatic heterocycles. The van der Waals surface area contributed by atoms with E-state index in [2.05, 4.69) is 10.5 Å². The molecule has 1 N–H and O–H groups in total. The van der Waals surface area contributed by atoms with Crippen molar-refractivity contribution >= 4 is 12.1 Å². The second kappa shape index (κ2) is 9.93. The molecule has 0 bridgehead atoms. The highest BCUT2D eigenvalue weighted by molar-refractivity contribution is 5.84. The number of nitrogens with zero attached hydrogens (tertiary/aromatic N) is 1. The van der Waals surface area contributed by atoms with Gasteiger partial charge in [-0.1, -0.05) is 23.4 Å². The summed E-state index contributed by atoms with van der Waals surface area (Å²) in [6, 6.07) is 12.8. The molecular weight excluding hydrogens is 336 g/mol. The van der Waals surface area contributed by atoms with Crippen LogP contribution in [0.15, 0.2) is 47.6 Å². The van der Waals surface area contributed by atoms with Crippen molar-refractivity contribution in [1.29, 1.82) is 0 Å². The SMILES string of the molecule is COc1ccc(CNC(=O)CO/N=C/c2cccc(OC)c2OC)cc1. The van der Waals surface area contributed by atoms with Gasteiger partial charge in [-0.2, -0.15) is 0 Å². The normalized spacial score (nSPS) is 10.4. The van der Waals surface area contributed by atoms with E-state index in [1.165, 1.54) is 6.21 Å². The van der Waals surface area contributed by atoms with Crippen LogP contribution < -0.4 is 19.5 Å². The quantitative estimate of drug-likeness (QED) is 0.550. The largest absolute Gasteiger partial charge is 0.497 e. The molecule has 0 saturated carbocycles. The van der Waals surface area contributed by atoms with Gasteiger partial charge in [0.1, 0.15) is 5.75 Å². The third kappa shape index (κ3) is 5.41. The first-order valence-corrected chi connectivity index (χ1v) is 7.94. The predicted molar refractivity (Wildman–Crippen MR) is 97.9 cm³/mol. The van der Waals surface area contributed by atoms with Crippen LogP contribution in [0.1, 0.15) is 11.1 Å². The highest BCUT2D eigenvalue weighted by Gasteiger charge is 2.07. The molecule has 0 radical (unpaired) electrons. The summed E-state index contributed by atoms with van der Waals surface area (Å²) in [5.41, 5.74) is 1.65. The number of rotatable bonds is 9. The van der Waals surface area contributed by atoms with E-state index < -0.39 is 0 Å². The number of benzene rings is 2. The van der Waals surface area contributed by atoms with E-state index in [1.54, 1.807) is 33.5 Å². The molecule has 1 amide bonds. The Morgan fingerprint density at radius 3 is 2.46 bits per heavy atom. The summed E-state index contributed by atoms with van der Waals surface area (Å²) in [6.07, 6.45) is 1.47. The Morgan fingerprint density at radius 1 is 1.04 bits per heavy atom. The maximum atomic E-state index is 11.8. The van der Waals surface area contributed by atoms with Crippen LogP contribution in [0.4, 0.5) is 0 Å². The molecule has 2 aromatic rings. The highest BCUT2D eigenvalue weighted by atomic mass is 16.6. The second-order valence-electron chi connectivity index (χ2n) is 5.22. The van der Waals surface area contributed by atoms with Gasteiger partial charge in [-0.05, 0) is 29.8 Å². The maximum absolute atomic E-state index is 11.8. The van der Waals surface area contributed by atoms with Crippen LogP contribution in [0, 0.1) is 0 Å². The van der Waals surface area contributed by atoms with Crippen LogP contribution in [0.25, 0.3) is 0 Å². The molecule has 2 rings (SSSR count). The number of oxime groups is 1. The average molecular weight is 358 g/mol. The summed E-state index contributed by atoms with van der Waals surface area (Å²) in [6.45, 7) is 0.221. The molecule has 26 heavy (non-hydrogen) atoms. The Hall–Kier alpha value is -3.22. The van der Waals surface area contributed by atoms with E-state index in [0.717, 1.165) is 11.3 Å². The Kier molecular flexibility index (Phi) is 7.30. The fraction of sp³-hybridized carbons (Fsp3) is 0.263. The first kappa shape index (κ1) is 19.1. The molecule has 0 spiro atoms. The Morgan fingerprint density at radius 2 is 1.81 bits per heavy atom. The van der Waals surface area contributed by atoms with Crippen molar-refractivity contribution in [1.82, 2.24) is 5.32 Å². The van der Waals surface area contributed by atoms with E-state index in [0.29, 0.717) is 23.6 Å². The molecule has 0 fully saturated rings. The fourth-order valence-electron chi connectivity index (χ4n) is 2.20. The molecule has 2 aromatic carbocycles. The lowest BCUT2D eigenvalue weighted by molar-refractivity contribution is -0.125. The topological polar surface area (TPSA) is 78.4 Å². The third-order valence-corrected chi connectivity index (χ3v) is 3.54. The Labute approximate surface area is 152 Å². The van der Waals surface area contributed by atoms with Crippen LogP contribution in [-0.2, 0) is 16.2 Å². The zero-order chi connectivity index (χ0) is 18.8. The summed E-state index contributed by atoms with van der Waals surface area (Å²) in [5, 5.41) is 6.56.